The average molecular weight is 212 g/mol. The quantitative estimate of drug-likeness (QED) is 0.616. The second kappa shape index (κ2) is 5.34. The van der Waals surface area contributed by atoms with Gasteiger partial charge in [0.05, 0.1) is 0 Å². The molecule has 0 aliphatic carbocycles. The van der Waals surface area contributed by atoms with Crippen molar-refractivity contribution < 1.29 is 19.0 Å². The van der Waals surface area contributed by atoms with E-state index in [4.69, 9.17) is 9.84 Å². The molecule has 0 radical (unpaired) electrons. The van der Waals surface area contributed by atoms with E-state index in [1.165, 1.54) is 6.07 Å². The lowest BCUT2D eigenvalue weighted by molar-refractivity contribution is -0.134. The molecule has 0 aliphatic heterocycles. The summed E-state index contributed by atoms with van der Waals surface area (Å²) in [5.41, 5.74) is 0. The Morgan fingerprint density at radius 3 is 2.87 bits per heavy atom. The predicted octanol–water partition coefficient (Wildman–Crippen LogP) is 2.63. The molecule has 1 aromatic carbocycles. The lowest BCUT2D eigenvalue weighted by atomic mass is 10.2. The second-order valence-corrected chi connectivity index (χ2v) is 3.19. The maximum Gasteiger partial charge on any atom is 0.311 e. The molecule has 4 heteroatoms. The number of halogens is 1. The molecule has 15 heavy (non-hydrogen) atoms. The third-order valence-electron chi connectivity index (χ3n) is 1.88. The van der Waals surface area contributed by atoms with Crippen molar-refractivity contribution in [3.05, 3.63) is 24.0 Å². The van der Waals surface area contributed by atoms with Gasteiger partial charge in [0.25, 0.3) is 0 Å². The van der Waals surface area contributed by atoms with E-state index >= 15 is 0 Å². The highest BCUT2D eigenvalue weighted by Crippen LogP contribution is 2.22. The zero-order chi connectivity index (χ0) is 11.3. The Kier molecular flexibility index (Phi) is 4.09. The highest BCUT2D eigenvalue weighted by atomic mass is 19.1. The van der Waals surface area contributed by atoms with E-state index in [1.54, 1.807) is 0 Å². The maximum absolute atomic E-state index is 12.6. The molecule has 3 nitrogen and oxygen atoms in total. The number of rotatable bonds is 4. The van der Waals surface area contributed by atoms with Gasteiger partial charge in [0, 0.05) is 12.5 Å². The first-order valence-corrected chi connectivity index (χ1v) is 4.82. The highest BCUT2D eigenvalue weighted by Gasteiger charge is 2.06. The van der Waals surface area contributed by atoms with Crippen molar-refractivity contribution in [2.75, 3.05) is 0 Å². The Balaban J connectivity index is 2.57. The van der Waals surface area contributed by atoms with Gasteiger partial charge in [-0.25, -0.2) is 4.39 Å². The molecule has 0 spiro atoms. The van der Waals surface area contributed by atoms with E-state index in [-0.39, 0.29) is 11.7 Å². The van der Waals surface area contributed by atoms with Crippen molar-refractivity contribution in [2.45, 2.75) is 26.2 Å². The minimum absolute atomic E-state index is 0.162. The van der Waals surface area contributed by atoms with E-state index in [2.05, 4.69) is 0 Å². The molecule has 0 saturated heterocycles. The number of esters is 1. The number of phenolic OH excluding ortho intramolecular Hbond substituents is 1. The molecular formula is C11H13FO3. The second-order valence-electron chi connectivity index (χ2n) is 3.19. The summed E-state index contributed by atoms with van der Waals surface area (Å²) in [6.07, 6.45) is 1.99. The third-order valence-corrected chi connectivity index (χ3v) is 1.88. The van der Waals surface area contributed by atoms with Gasteiger partial charge >= 0.3 is 5.97 Å². The fourth-order valence-electron chi connectivity index (χ4n) is 1.06. The molecule has 0 atom stereocenters. The Hall–Kier alpha value is -1.58. The van der Waals surface area contributed by atoms with Crippen LogP contribution in [0.1, 0.15) is 26.2 Å². The van der Waals surface area contributed by atoms with Crippen LogP contribution in [-0.2, 0) is 4.79 Å². The van der Waals surface area contributed by atoms with Crippen LogP contribution in [0.2, 0.25) is 0 Å². The Bertz CT molecular complexity index is 350. The van der Waals surface area contributed by atoms with Crippen molar-refractivity contribution in [3.8, 4) is 11.5 Å². The predicted molar refractivity (Wildman–Crippen MR) is 53.2 cm³/mol. The standard InChI is InChI=1S/C11H13FO3/c1-2-3-4-11(14)15-8-5-6-9(12)10(13)7-8/h5-7,13H,2-4H2,1H3. The zero-order valence-electron chi connectivity index (χ0n) is 8.50. The number of phenols is 1. The monoisotopic (exact) mass is 212 g/mol. The first kappa shape index (κ1) is 11.5. The molecule has 1 aromatic rings. The molecule has 0 saturated carbocycles. The lowest BCUT2D eigenvalue weighted by Gasteiger charge is -2.04. The van der Waals surface area contributed by atoms with Crippen LogP contribution >= 0.6 is 0 Å². The Morgan fingerprint density at radius 1 is 1.53 bits per heavy atom. The summed E-state index contributed by atoms with van der Waals surface area (Å²) in [7, 11) is 0. The highest BCUT2D eigenvalue weighted by molar-refractivity contribution is 5.72. The van der Waals surface area contributed by atoms with Crippen LogP contribution in [0.4, 0.5) is 4.39 Å². The zero-order valence-corrected chi connectivity index (χ0v) is 8.50. The van der Waals surface area contributed by atoms with Crippen LogP contribution < -0.4 is 4.74 Å². The summed E-state index contributed by atoms with van der Waals surface area (Å²) in [6.45, 7) is 1.97. The summed E-state index contributed by atoms with van der Waals surface area (Å²) in [6, 6.07) is 3.44. The van der Waals surface area contributed by atoms with Gasteiger partial charge in [-0.1, -0.05) is 13.3 Å². The van der Waals surface area contributed by atoms with E-state index < -0.39 is 11.6 Å². The van der Waals surface area contributed by atoms with Gasteiger partial charge in [0.2, 0.25) is 0 Å². The largest absolute Gasteiger partial charge is 0.505 e. The number of hydrogen-bond donors (Lipinski definition) is 1. The van der Waals surface area contributed by atoms with Crippen molar-refractivity contribution >= 4 is 5.97 Å². The molecule has 1 rings (SSSR count). The Morgan fingerprint density at radius 2 is 2.27 bits per heavy atom. The van der Waals surface area contributed by atoms with Crippen LogP contribution in [-0.4, -0.2) is 11.1 Å². The molecule has 0 aromatic heterocycles. The maximum atomic E-state index is 12.6. The summed E-state index contributed by atoms with van der Waals surface area (Å²) in [5.74, 6) is -1.46. The van der Waals surface area contributed by atoms with Crippen LogP contribution in [0.3, 0.4) is 0 Å². The SMILES string of the molecule is CCCCC(=O)Oc1ccc(F)c(O)c1. The molecular weight excluding hydrogens is 199 g/mol. The molecule has 0 fully saturated rings. The summed E-state index contributed by atoms with van der Waals surface area (Å²) in [5, 5.41) is 9.02. The molecule has 82 valence electrons. The number of hydrogen-bond acceptors (Lipinski definition) is 3. The molecule has 0 heterocycles. The Labute approximate surface area is 87.5 Å². The van der Waals surface area contributed by atoms with Crippen LogP contribution in [0.25, 0.3) is 0 Å². The minimum atomic E-state index is -0.733. The van der Waals surface area contributed by atoms with Crippen molar-refractivity contribution in [3.63, 3.8) is 0 Å². The van der Waals surface area contributed by atoms with E-state index in [9.17, 15) is 9.18 Å². The topological polar surface area (TPSA) is 46.5 Å². The average Bonchev–Trinajstić information content (AvgIpc) is 2.20. The van der Waals surface area contributed by atoms with E-state index in [1.807, 2.05) is 6.92 Å². The number of aromatic hydroxyl groups is 1. The van der Waals surface area contributed by atoms with Gasteiger partial charge in [0.1, 0.15) is 5.75 Å². The molecule has 1 N–H and O–H groups in total. The third kappa shape index (κ3) is 3.58. The molecule has 0 aliphatic rings. The minimum Gasteiger partial charge on any atom is -0.505 e. The van der Waals surface area contributed by atoms with Gasteiger partial charge in [-0.3, -0.25) is 4.79 Å². The van der Waals surface area contributed by atoms with Crippen LogP contribution in [0, 0.1) is 5.82 Å². The molecule has 0 bridgehead atoms. The fraction of sp³-hybridized carbons (Fsp3) is 0.364. The number of unbranched alkanes of at least 4 members (excludes halogenated alkanes) is 1. The number of ether oxygens (including phenoxy) is 1. The summed E-state index contributed by atoms with van der Waals surface area (Å²) < 4.78 is 17.5. The number of benzene rings is 1. The smallest absolute Gasteiger partial charge is 0.311 e. The van der Waals surface area contributed by atoms with Crippen molar-refractivity contribution in [1.82, 2.24) is 0 Å². The van der Waals surface area contributed by atoms with Crippen molar-refractivity contribution in [2.24, 2.45) is 0 Å². The summed E-state index contributed by atoms with van der Waals surface area (Å²) >= 11 is 0. The number of carbonyl (C=O) groups is 1. The van der Waals surface area contributed by atoms with Crippen LogP contribution in [0.5, 0.6) is 11.5 Å². The number of carbonyl (C=O) groups excluding carboxylic acids is 1. The van der Waals surface area contributed by atoms with E-state index in [0.717, 1.165) is 25.0 Å². The van der Waals surface area contributed by atoms with E-state index in [0.29, 0.717) is 6.42 Å². The molecule has 0 unspecified atom stereocenters. The summed E-state index contributed by atoms with van der Waals surface area (Å²) in [4.78, 5) is 11.2. The first-order valence-electron chi connectivity index (χ1n) is 4.82. The fourth-order valence-corrected chi connectivity index (χ4v) is 1.06. The van der Waals surface area contributed by atoms with Gasteiger partial charge in [-0.05, 0) is 18.6 Å². The normalized spacial score (nSPS) is 10.0. The van der Waals surface area contributed by atoms with Crippen LogP contribution in [0.15, 0.2) is 18.2 Å². The van der Waals surface area contributed by atoms with Gasteiger partial charge in [-0.2, -0.15) is 0 Å². The van der Waals surface area contributed by atoms with Gasteiger partial charge in [0.15, 0.2) is 11.6 Å². The van der Waals surface area contributed by atoms with Gasteiger partial charge in [-0.15, -0.1) is 0 Å². The van der Waals surface area contributed by atoms with Crippen molar-refractivity contribution in [1.29, 1.82) is 0 Å². The molecule has 0 amide bonds. The first-order chi connectivity index (χ1) is 7.13. The van der Waals surface area contributed by atoms with Gasteiger partial charge < -0.3 is 9.84 Å². The lowest BCUT2D eigenvalue weighted by Crippen LogP contribution is -2.07.